The fourth-order valence-corrected chi connectivity index (χ4v) is 4.78. The number of anilines is 1. The summed E-state index contributed by atoms with van der Waals surface area (Å²) in [5.74, 6) is -1.09. The van der Waals surface area contributed by atoms with E-state index in [-0.39, 0.29) is 17.3 Å². The molecule has 0 spiro atoms. The van der Waals surface area contributed by atoms with Gasteiger partial charge in [-0.05, 0) is 43.5 Å². The standard InChI is InChI=1S/C15H18N2O5S/c18-14-4-2-9-16(14)11-5-7-12(8-6-11)23(21,22)17-10-1-3-13(17)15(19)20/h5-8,13H,1-4,9-10H2,(H,19,20)/t13-/m1/s1. The molecule has 8 heteroatoms. The van der Waals surface area contributed by atoms with Crippen LogP contribution in [0.5, 0.6) is 0 Å². The third kappa shape index (κ3) is 2.84. The zero-order chi connectivity index (χ0) is 16.6. The van der Waals surface area contributed by atoms with E-state index in [1.165, 1.54) is 12.1 Å². The van der Waals surface area contributed by atoms with Crippen molar-refractivity contribution in [2.45, 2.75) is 36.6 Å². The first kappa shape index (κ1) is 15.9. The number of hydrogen-bond donors (Lipinski definition) is 1. The molecular formula is C15H18N2O5S. The first-order valence-electron chi connectivity index (χ1n) is 7.56. The zero-order valence-corrected chi connectivity index (χ0v) is 13.3. The summed E-state index contributed by atoms with van der Waals surface area (Å²) in [7, 11) is -3.84. The topological polar surface area (TPSA) is 95.0 Å². The highest BCUT2D eigenvalue weighted by Crippen LogP contribution is 2.28. The predicted molar refractivity (Wildman–Crippen MR) is 82.6 cm³/mol. The van der Waals surface area contributed by atoms with Gasteiger partial charge in [0.1, 0.15) is 6.04 Å². The van der Waals surface area contributed by atoms with E-state index in [2.05, 4.69) is 0 Å². The molecule has 7 nitrogen and oxygen atoms in total. The highest BCUT2D eigenvalue weighted by molar-refractivity contribution is 7.89. The van der Waals surface area contributed by atoms with Crippen molar-refractivity contribution in [2.24, 2.45) is 0 Å². The molecule has 1 amide bonds. The number of rotatable bonds is 4. The summed E-state index contributed by atoms with van der Waals surface area (Å²) in [6.45, 7) is 0.851. The van der Waals surface area contributed by atoms with E-state index < -0.39 is 22.0 Å². The largest absolute Gasteiger partial charge is 0.480 e. The van der Waals surface area contributed by atoms with E-state index in [4.69, 9.17) is 5.11 Å². The molecule has 2 fully saturated rings. The van der Waals surface area contributed by atoms with Gasteiger partial charge in [0.15, 0.2) is 0 Å². The van der Waals surface area contributed by atoms with Crippen LogP contribution in [0.4, 0.5) is 5.69 Å². The van der Waals surface area contributed by atoms with Crippen LogP contribution >= 0.6 is 0 Å². The molecule has 2 aliphatic heterocycles. The second-order valence-electron chi connectivity index (χ2n) is 5.75. The Morgan fingerprint density at radius 2 is 1.83 bits per heavy atom. The first-order chi connectivity index (χ1) is 10.9. The number of hydrogen-bond acceptors (Lipinski definition) is 4. The lowest BCUT2D eigenvalue weighted by molar-refractivity contribution is -0.140. The van der Waals surface area contributed by atoms with Crippen molar-refractivity contribution in [2.75, 3.05) is 18.0 Å². The van der Waals surface area contributed by atoms with Crippen LogP contribution in [0.15, 0.2) is 29.2 Å². The minimum absolute atomic E-state index is 0.0334. The van der Waals surface area contributed by atoms with Crippen molar-refractivity contribution in [3.8, 4) is 0 Å². The third-order valence-electron chi connectivity index (χ3n) is 4.32. The Kier molecular flexibility index (Phi) is 4.11. The molecule has 0 unspecified atom stereocenters. The maximum absolute atomic E-state index is 12.6. The molecule has 1 aromatic rings. The fourth-order valence-electron chi connectivity index (χ4n) is 3.13. The van der Waals surface area contributed by atoms with E-state index in [0.29, 0.717) is 31.5 Å². The molecule has 124 valence electrons. The van der Waals surface area contributed by atoms with Gasteiger partial charge in [-0.1, -0.05) is 0 Å². The minimum Gasteiger partial charge on any atom is -0.480 e. The predicted octanol–water partition coefficient (Wildman–Crippen LogP) is 1.05. The Bertz CT molecular complexity index is 729. The number of carboxylic acids is 1. The summed E-state index contributed by atoms with van der Waals surface area (Å²) in [5, 5.41) is 9.16. The van der Waals surface area contributed by atoms with Gasteiger partial charge in [0.2, 0.25) is 15.9 Å². The first-order valence-corrected chi connectivity index (χ1v) is 9.00. The molecule has 2 aliphatic rings. The Labute approximate surface area is 134 Å². The monoisotopic (exact) mass is 338 g/mol. The number of carbonyl (C=O) groups is 2. The Hall–Kier alpha value is -1.93. The number of aliphatic carboxylic acids is 1. The number of carboxylic acid groups (broad SMARTS) is 1. The molecule has 1 atom stereocenters. The summed E-state index contributed by atoms with van der Waals surface area (Å²) < 4.78 is 26.3. The summed E-state index contributed by atoms with van der Waals surface area (Å²) in [4.78, 5) is 24.6. The summed E-state index contributed by atoms with van der Waals surface area (Å²) >= 11 is 0. The van der Waals surface area contributed by atoms with Gasteiger partial charge in [0, 0.05) is 25.2 Å². The smallest absolute Gasteiger partial charge is 0.322 e. The summed E-state index contributed by atoms with van der Waals surface area (Å²) in [5.41, 5.74) is 0.669. The molecule has 1 aromatic carbocycles. The maximum Gasteiger partial charge on any atom is 0.322 e. The van der Waals surface area contributed by atoms with Crippen LogP contribution in [0, 0.1) is 0 Å². The van der Waals surface area contributed by atoms with E-state index in [1.54, 1.807) is 17.0 Å². The van der Waals surface area contributed by atoms with Crippen LogP contribution in [-0.4, -0.2) is 48.8 Å². The van der Waals surface area contributed by atoms with Crippen LogP contribution in [0.25, 0.3) is 0 Å². The van der Waals surface area contributed by atoms with Gasteiger partial charge >= 0.3 is 5.97 Å². The zero-order valence-electron chi connectivity index (χ0n) is 12.5. The molecule has 1 N–H and O–H groups in total. The minimum atomic E-state index is -3.84. The van der Waals surface area contributed by atoms with Crippen molar-refractivity contribution in [3.63, 3.8) is 0 Å². The van der Waals surface area contributed by atoms with Crippen molar-refractivity contribution >= 4 is 27.6 Å². The SMILES string of the molecule is O=C(O)[C@H]1CCCN1S(=O)(=O)c1ccc(N2CCCC2=O)cc1. The summed E-state index contributed by atoms with van der Waals surface area (Å²) in [6, 6.07) is 5.07. The highest BCUT2D eigenvalue weighted by Gasteiger charge is 2.39. The van der Waals surface area contributed by atoms with Crippen LogP contribution in [0.1, 0.15) is 25.7 Å². The van der Waals surface area contributed by atoms with E-state index in [1.807, 2.05) is 0 Å². The number of amides is 1. The van der Waals surface area contributed by atoms with Crippen molar-refractivity contribution in [3.05, 3.63) is 24.3 Å². The lowest BCUT2D eigenvalue weighted by Crippen LogP contribution is -2.40. The second kappa shape index (κ2) is 5.93. The highest BCUT2D eigenvalue weighted by atomic mass is 32.2. The van der Waals surface area contributed by atoms with Gasteiger partial charge in [0.25, 0.3) is 0 Å². The van der Waals surface area contributed by atoms with Gasteiger partial charge < -0.3 is 10.0 Å². The Morgan fingerprint density at radius 3 is 2.39 bits per heavy atom. The molecule has 0 aromatic heterocycles. The van der Waals surface area contributed by atoms with Gasteiger partial charge in [-0.2, -0.15) is 4.31 Å². The molecule has 2 saturated heterocycles. The molecule has 0 aliphatic carbocycles. The van der Waals surface area contributed by atoms with Gasteiger partial charge in [-0.3, -0.25) is 9.59 Å². The number of sulfonamides is 1. The average Bonchev–Trinajstić information content (AvgIpc) is 3.16. The maximum atomic E-state index is 12.6. The number of nitrogens with zero attached hydrogens (tertiary/aromatic N) is 2. The van der Waals surface area contributed by atoms with Crippen LogP contribution in [0.2, 0.25) is 0 Å². The molecule has 2 heterocycles. The van der Waals surface area contributed by atoms with E-state index in [9.17, 15) is 18.0 Å². The van der Waals surface area contributed by atoms with Crippen LogP contribution in [-0.2, 0) is 19.6 Å². The Balaban J connectivity index is 1.86. The number of carbonyl (C=O) groups excluding carboxylic acids is 1. The van der Waals surface area contributed by atoms with Gasteiger partial charge in [0.05, 0.1) is 4.90 Å². The van der Waals surface area contributed by atoms with Crippen molar-refractivity contribution < 1.29 is 23.1 Å². The third-order valence-corrected chi connectivity index (χ3v) is 6.24. The molecular weight excluding hydrogens is 320 g/mol. The summed E-state index contributed by atoms with van der Waals surface area (Å²) in [6.07, 6.45) is 2.17. The van der Waals surface area contributed by atoms with E-state index in [0.717, 1.165) is 10.7 Å². The van der Waals surface area contributed by atoms with Gasteiger partial charge in [-0.15, -0.1) is 0 Å². The van der Waals surface area contributed by atoms with Crippen molar-refractivity contribution in [1.29, 1.82) is 0 Å². The number of benzene rings is 1. The van der Waals surface area contributed by atoms with E-state index >= 15 is 0 Å². The molecule has 23 heavy (non-hydrogen) atoms. The molecule has 3 rings (SSSR count). The lowest BCUT2D eigenvalue weighted by atomic mass is 10.2. The lowest BCUT2D eigenvalue weighted by Gasteiger charge is -2.21. The van der Waals surface area contributed by atoms with Gasteiger partial charge in [-0.25, -0.2) is 8.42 Å². The molecule has 0 radical (unpaired) electrons. The van der Waals surface area contributed by atoms with Crippen LogP contribution in [0.3, 0.4) is 0 Å². The quantitative estimate of drug-likeness (QED) is 0.885. The Morgan fingerprint density at radius 1 is 1.13 bits per heavy atom. The normalized spacial score (nSPS) is 22.7. The average molecular weight is 338 g/mol. The fraction of sp³-hybridized carbons (Fsp3) is 0.467. The van der Waals surface area contributed by atoms with Crippen molar-refractivity contribution in [1.82, 2.24) is 4.31 Å². The second-order valence-corrected chi connectivity index (χ2v) is 7.65. The van der Waals surface area contributed by atoms with Crippen LogP contribution < -0.4 is 4.90 Å². The molecule has 0 bridgehead atoms. The molecule has 0 saturated carbocycles.